The van der Waals surface area contributed by atoms with Gasteiger partial charge in [-0.05, 0) is 48.5 Å². The molecule has 0 saturated heterocycles. The van der Waals surface area contributed by atoms with Crippen LogP contribution in [0.3, 0.4) is 0 Å². The summed E-state index contributed by atoms with van der Waals surface area (Å²) in [5.74, 6) is 0.151. The van der Waals surface area contributed by atoms with Gasteiger partial charge in [0, 0.05) is 12.3 Å². The first-order valence-electron chi connectivity index (χ1n) is 9.36. The van der Waals surface area contributed by atoms with Gasteiger partial charge >= 0.3 is 5.69 Å². The third-order valence-electron chi connectivity index (χ3n) is 4.76. The number of imidazole rings is 1. The molecule has 4 aromatic rings. The molecule has 2 aromatic heterocycles. The number of nitrogens with zero attached hydrogens (tertiary/aromatic N) is 3. The lowest BCUT2D eigenvalue weighted by atomic mass is 10.2. The minimum Gasteiger partial charge on any atom is -0.497 e. The van der Waals surface area contributed by atoms with Gasteiger partial charge in [-0.15, -0.1) is 0 Å². The molecule has 4 rings (SSSR count). The Morgan fingerprint density at radius 1 is 1.10 bits per heavy atom. The van der Waals surface area contributed by atoms with Gasteiger partial charge < -0.3 is 14.8 Å². The summed E-state index contributed by atoms with van der Waals surface area (Å²) >= 11 is 0. The summed E-state index contributed by atoms with van der Waals surface area (Å²) in [4.78, 5) is 30.2. The van der Waals surface area contributed by atoms with Crippen LogP contribution in [-0.4, -0.2) is 34.2 Å². The van der Waals surface area contributed by atoms with Crippen LogP contribution >= 0.6 is 0 Å². The van der Waals surface area contributed by atoms with E-state index in [2.05, 4.69) is 10.3 Å². The Hall–Kier alpha value is -4.14. The molecule has 0 saturated carbocycles. The number of nitrogens with one attached hydrogen (secondary N) is 1. The molecule has 0 unspecified atom stereocenters. The van der Waals surface area contributed by atoms with E-state index in [0.717, 1.165) is 0 Å². The molecule has 0 bridgehead atoms. The first-order valence-corrected chi connectivity index (χ1v) is 9.36. The highest BCUT2D eigenvalue weighted by Crippen LogP contribution is 2.29. The van der Waals surface area contributed by atoms with E-state index in [-0.39, 0.29) is 6.54 Å². The zero-order valence-electron chi connectivity index (χ0n) is 16.8. The number of amides is 1. The van der Waals surface area contributed by atoms with E-state index in [1.54, 1.807) is 36.5 Å². The molecular formula is C22H19FN4O4. The first kappa shape index (κ1) is 20.1. The molecule has 1 N–H and O–H groups in total. The minimum absolute atomic E-state index is 0.254. The van der Waals surface area contributed by atoms with E-state index in [4.69, 9.17) is 9.47 Å². The zero-order valence-corrected chi connectivity index (χ0v) is 16.8. The van der Waals surface area contributed by atoms with Crippen LogP contribution in [0.1, 0.15) is 0 Å². The maximum atomic E-state index is 13.3. The van der Waals surface area contributed by atoms with Gasteiger partial charge in [0.25, 0.3) is 0 Å². The lowest BCUT2D eigenvalue weighted by Gasteiger charge is -2.12. The number of carbonyl (C=O) groups is 1. The van der Waals surface area contributed by atoms with E-state index in [9.17, 15) is 14.0 Å². The number of benzene rings is 2. The first-order chi connectivity index (χ1) is 15.0. The smallest absolute Gasteiger partial charge is 0.335 e. The number of hydrogen-bond donors (Lipinski definition) is 1. The molecule has 0 aliphatic rings. The van der Waals surface area contributed by atoms with Crippen molar-refractivity contribution in [3.8, 4) is 17.2 Å². The van der Waals surface area contributed by atoms with E-state index < -0.39 is 17.4 Å². The molecule has 0 fully saturated rings. The summed E-state index contributed by atoms with van der Waals surface area (Å²) in [5.41, 5.74) is 1.24. The molecule has 0 aliphatic carbocycles. The van der Waals surface area contributed by atoms with Gasteiger partial charge in [-0.1, -0.05) is 0 Å². The van der Waals surface area contributed by atoms with Crippen molar-refractivity contribution in [2.24, 2.45) is 0 Å². The van der Waals surface area contributed by atoms with Crippen molar-refractivity contribution in [3.63, 3.8) is 0 Å². The van der Waals surface area contributed by atoms with E-state index in [1.165, 1.54) is 47.6 Å². The van der Waals surface area contributed by atoms with Crippen molar-refractivity contribution in [1.29, 1.82) is 0 Å². The van der Waals surface area contributed by atoms with Crippen LogP contribution in [0.4, 0.5) is 10.1 Å². The lowest BCUT2D eigenvalue weighted by molar-refractivity contribution is -0.116. The molecule has 9 heteroatoms. The summed E-state index contributed by atoms with van der Waals surface area (Å²) in [7, 11) is 3.01. The van der Waals surface area contributed by atoms with E-state index in [0.29, 0.717) is 34.0 Å². The number of halogens is 1. The fraction of sp³-hybridized carbons (Fsp3) is 0.136. The van der Waals surface area contributed by atoms with E-state index >= 15 is 0 Å². The van der Waals surface area contributed by atoms with E-state index in [1.807, 2.05) is 0 Å². The van der Waals surface area contributed by atoms with Gasteiger partial charge in [0.2, 0.25) is 5.91 Å². The number of hydrogen-bond acceptors (Lipinski definition) is 5. The highest BCUT2D eigenvalue weighted by molar-refractivity contribution is 5.93. The second-order valence-corrected chi connectivity index (χ2v) is 6.64. The maximum Gasteiger partial charge on any atom is 0.335 e. The monoisotopic (exact) mass is 422 g/mol. The molecular weight excluding hydrogens is 403 g/mol. The molecule has 31 heavy (non-hydrogen) atoms. The Morgan fingerprint density at radius 3 is 2.58 bits per heavy atom. The van der Waals surface area contributed by atoms with Gasteiger partial charge in [0.1, 0.15) is 23.9 Å². The summed E-state index contributed by atoms with van der Waals surface area (Å²) in [6, 6.07) is 13.9. The highest BCUT2D eigenvalue weighted by atomic mass is 19.1. The Morgan fingerprint density at radius 2 is 1.87 bits per heavy atom. The highest BCUT2D eigenvalue weighted by Gasteiger charge is 2.18. The summed E-state index contributed by atoms with van der Waals surface area (Å²) in [6.07, 6.45) is 1.55. The van der Waals surface area contributed by atoms with Crippen molar-refractivity contribution in [1.82, 2.24) is 14.1 Å². The Balaban J connectivity index is 1.71. The van der Waals surface area contributed by atoms with Crippen molar-refractivity contribution < 1.29 is 18.7 Å². The van der Waals surface area contributed by atoms with Gasteiger partial charge in [-0.3, -0.25) is 9.36 Å². The molecule has 0 atom stereocenters. The predicted octanol–water partition coefficient (Wildman–Crippen LogP) is 2.98. The second kappa shape index (κ2) is 8.31. The molecule has 2 aromatic carbocycles. The number of anilines is 1. The normalized spacial score (nSPS) is 10.8. The Kier molecular flexibility index (Phi) is 5.40. The largest absolute Gasteiger partial charge is 0.497 e. The number of rotatable bonds is 6. The Bertz CT molecular complexity index is 1310. The fourth-order valence-corrected chi connectivity index (χ4v) is 3.31. The van der Waals surface area contributed by atoms with Crippen LogP contribution in [-0.2, 0) is 11.3 Å². The summed E-state index contributed by atoms with van der Waals surface area (Å²) in [5, 5.41) is 2.75. The Labute approximate surface area is 176 Å². The number of pyridine rings is 1. The van der Waals surface area contributed by atoms with Crippen LogP contribution in [0.15, 0.2) is 65.6 Å². The van der Waals surface area contributed by atoms with Gasteiger partial charge in [-0.2, -0.15) is 0 Å². The van der Waals surface area contributed by atoms with Gasteiger partial charge in [0.15, 0.2) is 5.65 Å². The summed E-state index contributed by atoms with van der Waals surface area (Å²) in [6.45, 7) is -0.254. The standard InChI is InChI=1S/C22H19FN4O4/c1-30-16-9-10-19(31-2)17(12-16)25-20(28)13-26-18-4-3-11-24-21(18)27(22(26)29)15-7-5-14(23)6-8-15/h3-12H,13H2,1-2H3,(H,25,28). The minimum atomic E-state index is -0.465. The number of aromatic nitrogens is 3. The molecule has 0 spiro atoms. The van der Waals surface area contributed by atoms with Crippen LogP contribution in [0, 0.1) is 5.82 Å². The molecule has 0 radical (unpaired) electrons. The van der Waals surface area contributed by atoms with Crippen LogP contribution in [0.25, 0.3) is 16.9 Å². The average Bonchev–Trinajstić information content (AvgIpc) is 3.05. The molecule has 8 nitrogen and oxygen atoms in total. The number of ether oxygens (including phenoxy) is 2. The SMILES string of the molecule is COc1ccc(OC)c(NC(=O)Cn2c(=O)n(-c3ccc(F)cc3)c3ncccc32)c1. The second-order valence-electron chi connectivity index (χ2n) is 6.64. The number of methoxy groups -OCH3 is 2. The quantitative estimate of drug-likeness (QED) is 0.516. The third kappa shape index (κ3) is 3.85. The van der Waals surface area contributed by atoms with Crippen molar-refractivity contribution in [2.75, 3.05) is 19.5 Å². The molecule has 0 aliphatic heterocycles. The number of fused-ring (bicyclic) bond motifs is 1. The van der Waals surface area contributed by atoms with Crippen molar-refractivity contribution in [3.05, 3.63) is 77.1 Å². The van der Waals surface area contributed by atoms with Crippen LogP contribution < -0.4 is 20.5 Å². The average molecular weight is 422 g/mol. The molecule has 158 valence electrons. The zero-order chi connectivity index (χ0) is 22.0. The van der Waals surface area contributed by atoms with Crippen molar-refractivity contribution >= 4 is 22.8 Å². The lowest BCUT2D eigenvalue weighted by Crippen LogP contribution is -2.29. The van der Waals surface area contributed by atoms with Crippen LogP contribution in [0.2, 0.25) is 0 Å². The maximum absolute atomic E-state index is 13.3. The summed E-state index contributed by atoms with van der Waals surface area (Å²) < 4.78 is 26.5. The van der Waals surface area contributed by atoms with Crippen LogP contribution in [0.5, 0.6) is 11.5 Å². The van der Waals surface area contributed by atoms with Crippen molar-refractivity contribution in [2.45, 2.75) is 6.54 Å². The number of carbonyl (C=O) groups excluding carboxylic acids is 1. The van der Waals surface area contributed by atoms with Gasteiger partial charge in [0.05, 0.1) is 31.1 Å². The topological polar surface area (TPSA) is 87.4 Å². The molecule has 2 heterocycles. The van der Waals surface area contributed by atoms with Gasteiger partial charge in [-0.25, -0.2) is 18.7 Å². The predicted molar refractivity (Wildman–Crippen MR) is 113 cm³/mol. The fourth-order valence-electron chi connectivity index (χ4n) is 3.31. The third-order valence-corrected chi connectivity index (χ3v) is 4.76. The molecule has 1 amide bonds.